The van der Waals surface area contributed by atoms with E-state index in [2.05, 4.69) is 4.98 Å². The number of aliphatic carboxylic acids is 1. The number of carbonyl (C=O) groups is 1. The Labute approximate surface area is 160 Å². The van der Waals surface area contributed by atoms with E-state index in [4.69, 9.17) is 5.11 Å². The second-order valence-electron chi connectivity index (χ2n) is 6.39. The fourth-order valence-electron chi connectivity index (χ4n) is 3.16. The summed E-state index contributed by atoms with van der Waals surface area (Å²) in [6.45, 7) is 0. The van der Waals surface area contributed by atoms with E-state index in [1.54, 1.807) is 30.3 Å². The van der Waals surface area contributed by atoms with Gasteiger partial charge in [-0.05, 0) is 23.3 Å². The molecule has 0 saturated carbocycles. The van der Waals surface area contributed by atoms with Crippen LogP contribution in [0, 0.1) is 0 Å². The zero-order chi connectivity index (χ0) is 19.7. The molecule has 2 heterocycles. The van der Waals surface area contributed by atoms with Crippen molar-refractivity contribution in [3.63, 3.8) is 0 Å². The molecule has 6 nitrogen and oxygen atoms in total. The van der Waals surface area contributed by atoms with Crippen LogP contribution in [0.4, 0.5) is 0 Å². The van der Waals surface area contributed by atoms with Gasteiger partial charge in [0.1, 0.15) is 11.4 Å². The predicted octanol–water partition coefficient (Wildman–Crippen LogP) is 3.36. The molecule has 0 saturated heterocycles. The van der Waals surface area contributed by atoms with Crippen LogP contribution >= 0.6 is 0 Å². The lowest BCUT2D eigenvalue weighted by Crippen LogP contribution is -2.18. The summed E-state index contributed by atoms with van der Waals surface area (Å²) in [5.41, 5.74) is 3.09. The van der Waals surface area contributed by atoms with Gasteiger partial charge >= 0.3 is 5.97 Å². The normalized spacial score (nSPS) is 10.9. The topological polar surface area (TPSA) is 91.9 Å². The maximum Gasteiger partial charge on any atom is 0.307 e. The van der Waals surface area contributed by atoms with Crippen LogP contribution in [0.3, 0.4) is 0 Å². The summed E-state index contributed by atoms with van der Waals surface area (Å²) < 4.78 is 1.31. The van der Waals surface area contributed by atoms with E-state index in [9.17, 15) is 14.7 Å². The molecule has 4 rings (SSSR count). The molecule has 0 unspecified atom stereocenters. The highest BCUT2D eigenvalue weighted by molar-refractivity contribution is 5.82. The number of rotatable bonds is 4. The molecule has 28 heavy (non-hydrogen) atoms. The minimum Gasteiger partial charge on any atom is -0.506 e. The van der Waals surface area contributed by atoms with Gasteiger partial charge in [0.25, 0.3) is 5.56 Å². The first-order valence-electron chi connectivity index (χ1n) is 8.65. The number of carboxylic acid groups (broad SMARTS) is 1. The smallest absolute Gasteiger partial charge is 0.307 e. The summed E-state index contributed by atoms with van der Waals surface area (Å²) in [4.78, 5) is 28.8. The molecule has 0 aliphatic carbocycles. The molecule has 0 spiro atoms. The first kappa shape index (κ1) is 17.5. The second kappa shape index (κ2) is 7.00. The lowest BCUT2D eigenvalue weighted by molar-refractivity contribution is -0.136. The van der Waals surface area contributed by atoms with Crippen molar-refractivity contribution in [2.75, 3.05) is 0 Å². The van der Waals surface area contributed by atoms with Crippen LogP contribution in [-0.4, -0.2) is 25.6 Å². The summed E-state index contributed by atoms with van der Waals surface area (Å²) in [7, 11) is 0. The number of nitrogens with zero attached hydrogens (tertiary/aromatic N) is 2. The Bertz CT molecular complexity index is 1230. The van der Waals surface area contributed by atoms with Gasteiger partial charge in [0.2, 0.25) is 0 Å². The van der Waals surface area contributed by atoms with Gasteiger partial charge in [-0.1, -0.05) is 54.6 Å². The summed E-state index contributed by atoms with van der Waals surface area (Å²) in [6, 6.07) is 19.3. The van der Waals surface area contributed by atoms with E-state index in [0.717, 1.165) is 5.56 Å². The quantitative estimate of drug-likeness (QED) is 0.573. The Kier molecular flexibility index (Phi) is 4.37. The van der Waals surface area contributed by atoms with E-state index in [1.807, 2.05) is 30.3 Å². The lowest BCUT2D eigenvalue weighted by atomic mass is 9.98. The highest BCUT2D eigenvalue weighted by Crippen LogP contribution is 2.29. The second-order valence-corrected chi connectivity index (χ2v) is 6.39. The largest absolute Gasteiger partial charge is 0.506 e. The third-order valence-electron chi connectivity index (χ3n) is 4.45. The van der Waals surface area contributed by atoms with Crippen LogP contribution in [-0.2, 0) is 11.2 Å². The van der Waals surface area contributed by atoms with Crippen molar-refractivity contribution in [3.8, 4) is 28.1 Å². The van der Waals surface area contributed by atoms with Crippen LogP contribution in [0.25, 0.3) is 28.0 Å². The van der Waals surface area contributed by atoms with E-state index in [0.29, 0.717) is 28.0 Å². The lowest BCUT2D eigenvalue weighted by Gasteiger charge is -2.12. The predicted molar refractivity (Wildman–Crippen MR) is 105 cm³/mol. The number of aromatic hydroxyl groups is 1. The molecule has 0 aliphatic heterocycles. The molecular weight excluding hydrogens is 356 g/mol. The van der Waals surface area contributed by atoms with Crippen molar-refractivity contribution in [3.05, 3.63) is 88.8 Å². The summed E-state index contributed by atoms with van der Waals surface area (Å²) in [6.07, 6.45) is 1.25. The zero-order valence-corrected chi connectivity index (χ0v) is 14.7. The Morgan fingerprint density at radius 1 is 0.929 bits per heavy atom. The number of hydrogen-bond donors (Lipinski definition) is 2. The standard InChI is InChI=1S/C22H16N2O4/c25-17-10-11-18-23-21(16-4-2-1-3-5-16)20(22(28)24(18)13-17)15-8-6-14(7-9-15)12-19(26)27/h1-11,13,25H,12H2,(H,26,27). The molecule has 0 fully saturated rings. The molecule has 0 aliphatic rings. The molecule has 0 radical (unpaired) electrons. The van der Waals surface area contributed by atoms with Crippen molar-refractivity contribution >= 4 is 11.6 Å². The van der Waals surface area contributed by atoms with Crippen molar-refractivity contribution in [2.24, 2.45) is 0 Å². The van der Waals surface area contributed by atoms with Gasteiger partial charge in [-0.25, -0.2) is 4.98 Å². The molecule has 138 valence electrons. The zero-order valence-electron chi connectivity index (χ0n) is 14.7. The minimum atomic E-state index is -0.916. The van der Waals surface area contributed by atoms with Crippen molar-refractivity contribution < 1.29 is 15.0 Å². The monoisotopic (exact) mass is 372 g/mol. The number of hydrogen-bond acceptors (Lipinski definition) is 4. The number of aromatic nitrogens is 2. The molecule has 2 N–H and O–H groups in total. The Hall–Kier alpha value is -3.93. The van der Waals surface area contributed by atoms with Gasteiger partial charge in [0.05, 0.1) is 23.9 Å². The number of fused-ring (bicyclic) bond motifs is 1. The Morgan fingerprint density at radius 2 is 1.64 bits per heavy atom. The summed E-state index contributed by atoms with van der Waals surface area (Å²) in [5.74, 6) is -0.952. The molecular formula is C22H16N2O4. The number of pyridine rings is 1. The average molecular weight is 372 g/mol. The molecule has 0 bridgehead atoms. The van der Waals surface area contributed by atoms with Gasteiger partial charge < -0.3 is 10.2 Å². The van der Waals surface area contributed by atoms with Gasteiger partial charge in [-0.3, -0.25) is 14.0 Å². The first-order valence-corrected chi connectivity index (χ1v) is 8.65. The summed E-state index contributed by atoms with van der Waals surface area (Å²) in [5, 5.41) is 18.7. The van der Waals surface area contributed by atoms with Gasteiger partial charge in [0.15, 0.2) is 0 Å². The number of carboxylic acids is 1. The van der Waals surface area contributed by atoms with E-state index < -0.39 is 5.97 Å². The molecule has 0 amide bonds. The maximum atomic E-state index is 13.3. The maximum absolute atomic E-state index is 13.3. The van der Waals surface area contributed by atoms with E-state index in [-0.39, 0.29) is 17.7 Å². The third-order valence-corrected chi connectivity index (χ3v) is 4.45. The van der Waals surface area contributed by atoms with Gasteiger partial charge in [0, 0.05) is 5.56 Å². The van der Waals surface area contributed by atoms with Crippen LogP contribution < -0.4 is 5.56 Å². The molecule has 0 atom stereocenters. The van der Waals surface area contributed by atoms with Crippen LogP contribution in [0.5, 0.6) is 5.75 Å². The minimum absolute atomic E-state index is 0.0355. The highest BCUT2D eigenvalue weighted by Gasteiger charge is 2.17. The number of benzene rings is 2. The van der Waals surface area contributed by atoms with Crippen LogP contribution in [0.2, 0.25) is 0 Å². The highest BCUT2D eigenvalue weighted by atomic mass is 16.4. The molecule has 4 aromatic rings. The fourth-order valence-corrected chi connectivity index (χ4v) is 3.16. The average Bonchev–Trinajstić information content (AvgIpc) is 2.69. The van der Waals surface area contributed by atoms with Crippen molar-refractivity contribution in [1.82, 2.24) is 9.38 Å². The van der Waals surface area contributed by atoms with Crippen LogP contribution in [0.15, 0.2) is 77.7 Å². The van der Waals surface area contributed by atoms with Crippen molar-refractivity contribution in [1.29, 1.82) is 0 Å². The Balaban J connectivity index is 1.98. The first-order chi connectivity index (χ1) is 13.5. The van der Waals surface area contributed by atoms with Gasteiger partial charge in [-0.15, -0.1) is 0 Å². The third kappa shape index (κ3) is 3.23. The van der Waals surface area contributed by atoms with E-state index >= 15 is 0 Å². The summed E-state index contributed by atoms with van der Waals surface area (Å²) >= 11 is 0. The molecule has 2 aromatic carbocycles. The van der Waals surface area contributed by atoms with E-state index in [1.165, 1.54) is 16.7 Å². The Morgan fingerprint density at radius 3 is 2.32 bits per heavy atom. The molecule has 6 heteroatoms. The molecule has 2 aromatic heterocycles. The van der Waals surface area contributed by atoms with Crippen LogP contribution in [0.1, 0.15) is 5.56 Å². The van der Waals surface area contributed by atoms with Crippen molar-refractivity contribution in [2.45, 2.75) is 6.42 Å². The SMILES string of the molecule is O=C(O)Cc1ccc(-c2c(-c3ccccc3)nc3ccc(O)cn3c2=O)cc1. The van der Waals surface area contributed by atoms with Gasteiger partial charge in [-0.2, -0.15) is 0 Å². The fraction of sp³-hybridized carbons (Fsp3) is 0.0455.